The molecular formula is C10H19FO4. The van der Waals surface area contributed by atoms with E-state index < -0.39 is 23.7 Å². The first kappa shape index (κ1) is 14.3. The molecule has 0 aromatic carbocycles. The molecule has 0 heterocycles. The molecule has 0 amide bonds. The van der Waals surface area contributed by atoms with E-state index in [4.69, 9.17) is 4.74 Å². The lowest BCUT2D eigenvalue weighted by Crippen LogP contribution is -2.52. The highest BCUT2D eigenvalue weighted by atomic mass is 19.1. The molecule has 0 saturated heterocycles. The first-order chi connectivity index (χ1) is 6.90. The van der Waals surface area contributed by atoms with Gasteiger partial charge in [-0.15, -0.1) is 0 Å². The average molecular weight is 222 g/mol. The van der Waals surface area contributed by atoms with Crippen LogP contribution in [-0.2, 0) is 14.3 Å². The third-order valence-electron chi connectivity index (χ3n) is 2.31. The van der Waals surface area contributed by atoms with Crippen molar-refractivity contribution in [2.24, 2.45) is 5.92 Å². The van der Waals surface area contributed by atoms with E-state index in [-0.39, 0.29) is 13.2 Å². The van der Waals surface area contributed by atoms with E-state index in [9.17, 15) is 14.3 Å². The molecular weight excluding hydrogens is 203 g/mol. The first-order valence-corrected chi connectivity index (χ1v) is 4.92. The number of hydrogen-bond donors (Lipinski definition) is 1. The fourth-order valence-corrected chi connectivity index (χ4v) is 1.18. The Hall–Kier alpha value is -0.680. The molecule has 0 aliphatic rings. The molecule has 0 spiro atoms. The van der Waals surface area contributed by atoms with E-state index in [2.05, 4.69) is 4.74 Å². The normalized spacial score (nSPS) is 17.3. The maximum Gasteiger partial charge on any atom is 0.343 e. The van der Waals surface area contributed by atoms with Crippen LogP contribution in [0, 0.1) is 5.92 Å². The van der Waals surface area contributed by atoms with Crippen LogP contribution in [0.5, 0.6) is 0 Å². The van der Waals surface area contributed by atoms with Crippen molar-refractivity contribution in [3.05, 3.63) is 0 Å². The molecule has 0 aromatic rings. The van der Waals surface area contributed by atoms with Gasteiger partial charge in [0.15, 0.2) is 0 Å². The number of aliphatic hydroxyl groups is 1. The Kier molecular flexibility index (Phi) is 5.75. The Morgan fingerprint density at radius 3 is 2.40 bits per heavy atom. The summed E-state index contributed by atoms with van der Waals surface area (Å²) in [6, 6.07) is 0. The van der Waals surface area contributed by atoms with E-state index in [1.165, 1.54) is 7.11 Å². The van der Waals surface area contributed by atoms with Gasteiger partial charge in [0.2, 0.25) is 6.17 Å². The molecule has 0 bridgehead atoms. The van der Waals surface area contributed by atoms with Crippen molar-refractivity contribution in [1.29, 1.82) is 0 Å². The highest BCUT2D eigenvalue weighted by Gasteiger charge is 2.45. The van der Waals surface area contributed by atoms with Gasteiger partial charge in [0.05, 0.1) is 13.2 Å². The predicted molar refractivity (Wildman–Crippen MR) is 53.2 cm³/mol. The number of rotatable bonds is 6. The van der Waals surface area contributed by atoms with E-state index in [0.717, 1.165) is 0 Å². The van der Waals surface area contributed by atoms with E-state index in [0.29, 0.717) is 0 Å². The standard InChI is InChI=1S/C10H19FO4/c1-5-15-9(12)8(11)10(13,6-14-4)7(2)3/h7-8,13H,5-6H2,1-4H3. The average Bonchev–Trinajstić information content (AvgIpc) is 2.17. The lowest BCUT2D eigenvalue weighted by molar-refractivity contribution is -0.171. The van der Waals surface area contributed by atoms with Crippen molar-refractivity contribution in [2.45, 2.75) is 32.5 Å². The quantitative estimate of drug-likeness (QED) is 0.679. The van der Waals surface area contributed by atoms with Crippen LogP contribution in [0.4, 0.5) is 4.39 Å². The summed E-state index contributed by atoms with van der Waals surface area (Å²) in [5, 5.41) is 9.95. The minimum absolute atomic E-state index is 0.0837. The third kappa shape index (κ3) is 3.43. The van der Waals surface area contributed by atoms with Gasteiger partial charge in [0.25, 0.3) is 0 Å². The number of hydrogen-bond acceptors (Lipinski definition) is 4. The molecule has 90 valence electrons. The molecule has 5 heteroatoms. The molecule has 15 heavy (non-hydrogen) atoms. The number of carbonyl (C=O) groups excluding carboxylic acids is 1. The van der Waals surface area contributed by atoms with Crippen LogP contribution in [0.25, 0.3) is 0 Å². The van der Waals surface area contributed by atoms with Crippen LogP contribution in [-0.4, -0.2) is 43.2 Å². The van der Waals surface area contributed by atoms with Gasteiger partial charge in [-0.3, -0.25) is 0 Å². The fourth-order valence-electron chi connectivity index (χ4n) is 1.18. The van der Waals surface area contributed by atoms with Crippen LogP contribution < -0.4 is 0 Å². The van der Waals surface area contributed by atoms with Gasteiger partial charge in [-0.1, -0.05) is 13.8 Å². The second-order valence-corrected chi connectivity index (χ2v) is 3.69. The van der Waals surface area contributed by atoms with Gasteiger partial charge in [-0.25, -0.2) is 9.18 Å². The Balaban J connectivity index is 4.68. The van der Waals surface area contributed by atoms with Gasteiger partial charge in [-0.05, 0) is 12.8 Å². The Morgan fingerprint density at radius 1 is 1.53 bits per heavy atom. The summed E-state index contributed by atoms with van der Waals surface area (Å²) >= 11 is 0. The summed E-state index contributed by atoms with van der Waals surface area (Å²) in [6.45, 7) is 4.65. The van der Waals surface area contributed by atoms with Crippen molar-refractivity contribution in [3.8, 4) is 0 Å². The minimum Gasteiger partial charge on any atom is -0.464 e. The Morgan fingerprint density at radius 2 is 2.07 bits per heavy atom. The van der Waals surface area contributed by atoms with Crippen LogP contribution in [0.1, 0.15) is 20.8 Å². The predicted octanol–water partition coefficient (Wildman–Crippen LogP) is 0.921. The highest BCUT2D eigenvalue weighted by molar-refractivity contribution is 5.76. The van der Waals surface area contributed by atoms with Gasteiger partial charge < -0.3 is 14.6 Å². The largest absolute Gasteiger partial charge is 0.464 e. The smallest absolute Gasteiger partial charge is 0.343 e. The zero-order chi connectivity index (χ0) is 12.1. The molecule has 0 aliphatic heterocycles. The number of carbonyl (C=O) groups is 1. The molecule has 2 atom stereocenters. The molecule has 0 rings (SSSR count). The zero-order valence-corrected chi connectivity index (χ0v) is 9.62. The van der Waals surface area contributed by atoms with Crippen molar-refractivity contribution in [3.63, 3.8) is 0 Å². The summed E-state index contributed by atoms with van der Waals surface area (Å²) in [5.74, 6) is -1.50. The summed E-state index contributed by atoms with van der Waals surface area (Å²) in [7, 11) is 1.34. The summed E-state index contributed by atoms with van der Waals surface area (Å²) in [6.07, 6.45) is -2.09. The topological polar surface area (TPSA) is 55.8 Å². The first-order valence-electron chi connectivity index (χ1n) is 4.92. The van der Waals surface area contributed by atoms with Crippen LogP contribution in [0.2, 0.25) is 0 Å². The number of halogens is 1. The molecule has 0 saturated carbocycles. The summed E-state index contributed by atoms with van der Waals surface area (Å²) < 4.78 is 22.9. The van der Waals surface area contributed by atoms with Gasteiger partial charge in [0, 0.05) is 7.11 Å². The second kappa shape index (κ2) is 6.02. The van der Waals surface area contributed by atoms with Gasteiger partial charge >= 0.3 is 5.97 Å². The van der Waals surface area contributed by atoms with E-state index >= 15 is 0 Å². The molecule has 1 N–H and O–H groups in total. The zero-order valence-electron chi connectivity index (χ0n) is 9.62. The minimum atomic E-state index is -2.09. The molecule has 0 aromatic heterocycles. The van der Waals surface area contributed by atoms with Crippen molar-refractivity contribution < 1.29 is 23.8 Å². The van der Waals surface area contributed by atoms with Gasteiger partial charge in [-0.2, -0.15) is 0 Å². The monoisotopic (exact) mass is 222 g/mol. The second-order valence-electron chi connectivity index (χ2n) is 3.69. The molecule has 4 nitrogen and oxygen atoms in total. The Labute approximate surface area is 89.4 Å². The maximum absolute atomic E-state index is 13.7. The lowest BCUT2D eigenvalue weighted by atomic mass is 9.86. The number of alkyl halides is 1. The molecule has 0 radical (unpaired) electrons. The summed E-state index contributed by atoms with van der Waals surface area (Å²) in [5.41, 5.74) is -1.83. The molecule has 0 fully saturated rings. The van der Waals surface area contributed by atoms with Crippen LogP contribution >= 0.6 is 0 Å². The Bertz CT molecular complexity index is 208. The molecule has 0 aliphatic carbocycles. The fraction of sp³-hybridized carbons (Fsp3) is 0.900. The molecule has 2 unspecified atom stereocenters. The van der Waals surface area contributed by atoms with E-state index in [1.54, 1.807) is 20.8 Å². The van der Waals surface area contributed by atoms with Crippen molar-refractivity contribution in [2.75, 3.05) is 20.3 Å². The SMILES string of the molecule is CCOC(=O)C(F)C(O)(COC)C(C)C. The number of esters is 1. The van der Waals surface area contributed by atoms with Gasteiger partial charge in [0.1, 0.15) is 5.60 Å². The van der Waals surface area contributed by atoms with Crippen molar-refractivity contribution >= 4 is 5.97 Å². The number of ether oxygens (including phenoxy) is 2. The van der Waals surface area contributed by atoms with Crippen molar-refractivity contribution in [1.82, 2.24) is 0 Å². The lowest BCUT2D eigenvalue weighted by Gasteiger charge is -2.32. The highest BCUT2D eigenvalue weighted by Crippen LogP contribution is 2.25. The third-order valence-corrected chi connectivity index (χ3v) is 2.31. The maximum atomic E-state index is 13.7. The number of methoxy groups -OCH3 is 1. The summed E-state index contributed by atoms with van der Waals surface area (Å²) in [4.78, 5) is 11.2. The van der Waals surface area contributed by atoms with Crippen LogP contribution in [0.15, 0.2) is 0 Å². The van der Waals surface area contributed by atoms with Crippen LogP contribution in [0.3, 0.4) is 0 Å². The van der Waals surface area contributed by atoms with E-state index in [1.807, 2.05) is 0 Å².